The maximum absolute atomic E-state index is 13.5. The van der Waals surface area contributed by atoms with Gasteiger partial charge in [-0.25, -0.2) is 8.42 Å². The summed E-state index contributed by atoms with van der Waals surface area (Å²) in [6.07, 6.45) is 3.74. The normalized spacial score (nSPS) is 11.6. The predicted molar refractivity (Wildman–Crippen MR) is 106 cm³/mol. The van der Waals surface area contributed by atoms with Crippen LogP contribution >= 0.6 is 0 Å². The quantitative estimate of drug-likeness (QED) is 0.482. The van der Waals surface area contributed by atoms with Crippen LogP contribution in [0.1, 0.15) is 53.0 Å². The van der Waals surface area contributed by atoms with Gasteiger partial charge in [0.2, 0.25) is 0 Å². The third-order valence-electron chi connectivity index (χ3n) is 4.17. The van der Waals surface area contributed by atoms with E-state index in [2.05, 4.69) is 0 Å². The van der Waals surface area contributed by atoms with Gasteiger partial charge in [-0.3, -0.25) is 4.79 Å². The van der Waals surface area contributed by atoms with Gasteiger partial charge in [-0.1, -0.05) is 41.0 Å². The molecule has 0 N–H and O–H groups in total. The number of carbonyl (C=O) groups is 1. The third-order valence-corrected chi connectivity index (χ3v) is 6.59. The van der Waals surface area contributed by atoms with E-state index in [9.17, 15) is 13.2 Å². The Labute approximate surface area is 157 Å². The number of hydrogen-bond donors (Lipinski definition) is 0. The lowest BCUT2D eigenvalue weighted by molar-refractivity contribution is -0.146. The van der Waals surface area contributed by atoms with Gasteiger partial charge in [-0.2, -0.15) is 0 Å². The van der Waals surface area contributed by atoms with Crippen molar-refractivity contribution in [2.75, 3.05) is 6.61 Å². The van der Waals surface area contributed by atoms with E-state index in [0.717, 1.165) is 16.7 Å². The lowest BCUT2D eigenvalue weighted by atomic mass is 9.97. The highest BCUT2D eigenvalue weighted by Gasteiger charge is 2.51. The minimum Gasteiger partial charge on any atom is -0.465 e. The molecule has 1 aromatic rings. The van der Waals surface area contributed by atoms with Crippen molar-refractivity contribution in [3.63, 3.8) is 0 Å². The van der Waals surface area contributed by atoms with Crippen LogP contribution in [0, 0.1) is 6.92 Å². The number of allylic oxidation sites excluding steroid dienone is 4. The number of ether oxygens (including phenoxy) is 1. The molecule has 0 amide bonds. The molecule has 144 valence electrons. The second-order valence-corrected chi connectivity index (χ2v) is 9.26. The standard InChI is InChI=1S/C21H30O4S/c1-7-25-20(22)21(14-12-16(2)3,15-13-17(4)5)26(23,24)19-10-8-18(6)9-11-19/h8-13H,7,14-15H2,1-6H3. The van der Waals surface area contributed by atoms with E-state index in [1.165, 1.54) is 0 Å². The molecule has 0 aliphatic rings. The molecule has 0 fully saturated rings. The van der Waals surface area contributed by atoms with Crippen LogP contribution in [0.4, 0.5) is 0 Å². The average molecular weight is 379 g/mol. The van der Waals surface area contributed by atoms with Crippen LogP contribution in [-0.2, 0) is 19.4 Å². The monoisotopic (exact) mass is 378 g/mol. The Kier molecular flexibility index (Phi) is 7.82. The number of benzene rings is 1. The second-order valence-electron chi connectivity index (χ2n) is 7.00. The summed E-state index contributed by atoms with van der Waals surface area (Å²) in [5, 5.41) is 0. The van der Waals surface area contributed by atoms with Gasteiger partial charge in [0, 0.05) is 0 Å². The van der Waals surface area contributed by atoms with E-state index in [-0.39, 0.29) is 24.3 Å². The summed E-state index contributed by atoms with van der Waals surface area (Å²) >= 11 is 0. The van der Waals surface area contributed by atoms with Gasteiger partial charge >= 0.3 is 5.97 Å². The van der Waals surface area contributed by atoms with Gasteiger partial charge < -0.3 is 4.74 Å². The van der Waals surface area contributed by atoms with E-state index in [0.29, 0.717) is 0 Å². The van der Waals surface area contributed by atoms with Crippen LogP contribution < -0.4 is 0 Å². The SMILES string of the molecule is CCOC(=O)C(CC=C(C)C)(CC=C(C)C)S(=O)(=O)c1ccc(C)cc1. The molecule has 0 saturated carbocycles. The van der Waals surface area contributed by atoms with Crippen molar-refractivity contribution >= 4 is 15.8 Å². The fourth-order valence-corrected chi connectivity index (χ4v) is 4.35. The summed E-state index contributed by atoms with van der Waals surface area (Å²) in [7, 11) is -3.96. The summed E-state index contributed by atoms with van der Waals surface area (Å²) in [6.45, 7) is 11.2. The van der Waals surface area contributed by atoms with Gasteiger partial charge in [0.25, 0.3) is 0 Å². The smallest absolute Gasteiger partial charge is 0.328 e. The fraction of sp³-hybridized carbons (Fsp3) is 0.476. The van der Waals surface area contributed by atoms with Gasteiger partial charge in [0.15, 0.2) is 14.6 Å². The van der Waals surface area contributed by atoms with Crippen LogP contribution in [0.15, 0.2) is 52.5 Å². The molecule has 0 bridgehead atoms. The number of hydrogen-bond acceptors (Lipinski definition) is 4. The van der Waals surface area contributed by atoms with Crippen molar-refractivity contribution in [3.8, 4) is 0 Å². The summed E-state index contributed by atoms with van der Waals surface area (Å²) in [5.74, 6) is -0.699. The summed E-state index contributed by atoms with van der Waals surface area (Å²) in [5.41, 5.74) is 2.87. The van der Waals surface area contributed by atoms with E-state index >= 15 is 0 Å². The number of sulfone groups is 1. The molecule has 0 spiro atoms. The Morgan fingerprint density at radius 1 is 1.00 bits per heavy atom. The maximum atomic E-state index is 13.5. The number of aryl methyl sites for hydroxylation is 1. The van der Waals surface area contributed by atoms with Crippen LogP contribution in [0.3, 0.4) is 0 Å². The Bertz CT molecular complexity index is 756. The fourth-order valence-electron chi connectivity index (χ4n) is 2.52. The first-order valence-corrected chi connectivity index (χ1v) is 10.3. The van der Waals surface area contributed by atoms with Crippen LogP contribution in [0.2, 0.25) is 0 Å². The Balaban J connectivity index is 3.66. The molecule has 1 rings (SSSR count). The maximum Gasteiger partial charge on any atom is 0.328 e. The summed E-state index contributed by atoms with van der Waals surface area (Å²) < 4.78 is 30.6. The topological polar surface area (TPSA) is 60.4 Å². The van der Waals surface area contributed by atoms with E-state index in [1.54, 1.807) is 43.3 Å². The molecule has 26 heavy (non-hydrogen) atoms. The van der Waals surface area contributed by atoms with Crippen molar-refractivity contribution in [1.29, 1.82) is 0 Å². The molecule has 4 nitrogen and oxygen atoms in total. The Morgan fingerprint density at radius 3 is 1.85 bits per heavy atom. The highest BCUT2D eigenvalue weighted by molar-refractivity contribution is 7.93. The first kappa shape index (κ1) is 22.2. The largest absolute Gasteiger partial charge is 0.465 e. The molecular weight excluding hydrogens is 348 g/mol. The lowest BCUT2D eigenvalue weighted by Crippen LogP contribution is -2.47. The molecule has 0 radical (unpaired) electrons. The van der Waals surface area contributed by atoms with Crippen LogP contribution in [0.5, 0.6) is 0 Å². The van der Waals surface area contributed by atoms with Gasteiger partial charge in [0.05, 0.1) is 11.5 Å². The van der Waals surface area contributed by atoms with E-state index in [4.69, 9.17) is 4.74 Å². The molecule has 1 aromatic carbocycles. The van der Waals surface area contributed by atoms with Crippen molar-refractivity contribution in [1.82, 2.24) is 0 Å². The minimum atomic E-state index is -3.96. The van der Waals surface area contributed by atoms with Crippen molar-refractivity contribution in [3.05, 3.63) is 53.1 Å². The molecule has 0 aliphatic carbocycles. The highest BCUT2D eigenvalue weighted by Crippen LogP contribution is 2.35. The van der Waals surface area contributed by atoms with Crippen LogP contribution in [0.25, 0.3) is 0 Å². The zero-order chi connectivity index (χ0) is 20.0. The van der Waals surface area contributed by atoms with Gasteiger partial charge in [-0.05, 0) is 66.5 Å². The zero-order valence-corrected chi connectivity index (χ0v) is 17.4. The number of carbonyl (C=O) groups excluding carboxylic acids is 1. The molecular formula is C21H30O4S. The van der Waals surface area contributed by atoms with Gasteiger partial charge in [-0.15, -0.1) is 0 Å². The molecule has 0 atom stereocenters. The Hall–Kier alpha value is -1.88. The molecule has 0 unspecified atom stereocenters. The minimum absolute atomic E-state index is 0.0775. The van der Waals surface area contributed by atoms with Crippen molar-refractivity contribution in [2.24, 2.45) is 0 Å². The summed E-state index contributed by atoms with van der Waals surface area (Å²) in [4.78, 5) is 13.1. The van der Waals surface area contributed by atoms with Crippen molar-refractivity contribution in [2.45, 2.75) is 64.0 Å². The highest BCUT2D eigenvalue weighted by atomic mass is 32.2. The molecule has 5 heteroatoms. The molecule has 0 heterocycles. The Morgan fingerprint density at radius 2 is 1.46 bits per heavy atom. The average Bonchev–Trinajstić information content (AvgIpc) is 2.55. The van der Waals surface area contributed by atoms with Gasteiger partial charge in [0.1, 0.15) is 0 Å². The van der Waals surface area contributed by atoms with E-state index < -0.39 is 20.6 Å². The number of rotatable bonds is 8. The summed E-state index contributed by atoms with van der Waals surface area (Å²) in [6, 6.07) is 6.60. The first-order chi connectivity index (χ1) is 12.1. The first-order valence-electron chi connectivity index (χ1n) is 8.82. The molecule has 0 aromatic heterocycles. The third kappa shape index (κ3) is 5.07. The number of esters is 1. The van der Waals surface area contributed by atoms with E-state index in [1.807, 2.05) is 34.6 Å². The zero-order valence-electron chi connectivity index (χ0n) is 16.6. The van der Waals surface area contributed by atoms with Crippen molar-refractivity contribution < 1.29 is 17.9 Å². The predicted octanol–water partition coefficient (Wildman–Crippen LogP) is 4.78. The second kappa shape index (κ2) is 9.17. The van der Waals surface area contributed by atoms with Crippen LogP contribution in [-0.4, -0.2) is 25.7 Å². The molecule has 0 saturated heterocycles. The molecule has 0 aliphatic heterocycles. The lowest BCUT2D eigenvalue weighted by Gasteiger charge is -2.30.